The smallest absolute Gasteiger partial charge is 0.306 e. The number of benzene rings is 2. The number of carbonyl (C=O) groups is 1. The van der Waals surface area contributed by atoms with Crippen LogP contribution in [0, 0.1) is 11.8 Å². The molecule has 1 heterocycles. The quantitative estimate of drug-likeness (QED) is 0.819. The number of rotatable bonds is 5. The second-order valence-corrected chi connectivity index (χ2v) is 8.18. The van der Waals surface area contributed by atoms with Crippen molar-refractivity contribution in [2.45, 2.75) is 39.0 Å². The van der Waals surface area contributed by atoms with E-state index in [9.17, 15) is 9.90 Å². The Labute approximate surface area is 161 Å². The highest BCUT2D eigenvalue weighted by molar-refractivity contribution is 5.70. The maximum Gasteiger partial charge on any atom is 0.306 e. The molecule has 0 amide bonds. The Balaban J connectivity index is 1.75. The highest BCUT2D eigenvalue weighted by atomic mass is 16.4. The van der Waals surface area contributed by atoms with Gasteiger partial charge in [0.25, 0.3) is 0 Å². The van der Waals surface area contributed by atoms with Gasteiger partial charge in [-0.25, -0.2) is 0 Å². The van der Waals surface area contributed by atoms with E-state index < -0.39 is 5.97 Å². The molecule has 0 aromatic heterocycles. The fourth-order valence-electron chi connectivity index (χ4n) is 4.08. The molecule has 4 heteroatoms. The van der Waals surface area contributed by atoms with Gasteiger partial charge >= 0.3 is 5.97 Å². The van der Waals surface area contributed by atoms with Crippen LogP contribution in [-0.2, 0) is 16.6 Å². The van der Waals surface area contributed by atoms with E-state index in [2.05, 4.69) is 36.9 Å². The number of hydrogen-bond acceptors (Lipinski definition) is 3. The minimum Gasteiger partial charge on any atom is -0.508 e. The van der Waals surface area contributed by atoms with Crippen LogP contribution in [0.2, 0.25) is 0 Å². The molecule has 144 valence electrons. The van der Waals surface area contributed by atoms with E-state index in [1.54, 1.807) is 13.0 Å². The van der Waals surface area contributed by atoms with Crippen molar-refractivity contribution in [1.29, 1.82) is 0 Å². The zero-order chi connectivity index (χ0) is 19.6. The molecule has 2 aromatic carbocycles. The Morgan fingerprint density at radius 1 is 1.26 bits per heavy atom. The Bertz CT molecular complexity index is 819. The van der Waals surface area contributed by atoms with Crippen molar-refractivity contribution < 1.29 is 15.0 Å². The van der Waals surface area contributed by atoms with Crippen LogP contribution in [0.25, 0.3) is 0 Å². The first-order valence-electron chi connectivity index (χ1n) is 9.66. The third-order valence-corrected chi connectivity index (χ3v) is 6.23. The number of hydrogen-bond donors (Lipinski definition) is 2. The standard InChI is InChI=1S/C23H29NO3/c1-16(22(26)27)12-18-6-4-8-20(13-18)24-11-10-23(3,17(2)15-24)19-7-5-9-21(25)14-19/h4-9,13-14,16-17,25H,10-12,15H2,1-3H3,(H,26,27). The Morgan fingerprint density at radius 2 is 2.00 bits per heavy atom. The molecule has 0 radical (unpaired) electrons. The number of nitrogens with zero attached hydrogens (tertiary/aromatic N) is 1. The molecule has 1 aliphatic heterocycles. The highest BCUT2D eigenvalue weighted by Crippen LogP contribution is 2.41. The van der Waals surface area contributed by atoms with Crippen LogP contribution in [-0.4, -0.2) is 29.3 Å². The molecule has 2 aromatic rings. The van der Waals surface area contributed by atoms with Crippen LogP contribution in [0.1, 0.15) is 38.3 Å². The Kier molecular flexibility index (Phi) is 5.45. The first kappa shape index (κ1) is 19.3. The fraction of sp³-hybridized carbons (Fsp3) is 0.435. The Hall–Kier alpha value is -2.49. The molecule has 1 aliphatic rings. The normalized spacial score (nSPS) is 23.8. The van der Waals surface area contributed by atoms with Gasteiger partial charge in [-0.2, -0.15) is 0 Å². The maximum atomic E-state index is 11.1. The Morgan fingerprint density at radius 3 is 2.67 bits per heavy atom. The van der Waals surface area contributed by atoms with Crippen molar-refractivity contribution in [3.63, 3.8) is 0 Å². The predicted octanol–water partition coefficient (Wildman–Crippen LogP) is 4.46. The fourth-order valence-corrected chi connectivity index (χ4v) is 4.08. The summed E-state index contributed by atoms with van der Waals surface area (Å²) in [5, 5.41) is 19.0. The van der Waals surface area contributed by atoms with Crippen molar-refractivity contribution in [2.75, 3.05) is 18.0 Å². The van der Waals surface area contributed by atoms with Crippen molar-refractivity contribution in [1.82, 2.24) is 0 Å². The van der Waals surface area contributed by atoms with Gasteiger partial charge < -0.3 is 15.1 Å². The van der Waals surface area contributed by atoms with Gasteiger partial charge in [-0.15, -0.1) is 0 Å². The zero-order valence-corrected chi connectivity index (χ0v) is 16.4. The van der Waals surface area contributed by atoms with E-state index in [1.165, 1.54) is 5.56 Å². The summed E-state index contributed by atoms with van der Waals surface area (Å²) in [6.07, 6.45) is 1.56. The van der Waals surface area contributed by atoms with E-state index in [1.807, 2.05) is 24.3 Å². The molecule has 3 atom stereocenters. The van der Waals surface area contributed by atoms with Crippen LogP contribution in [0.5, 0.6) is 5.75 Å². The minimum absolute atomic E-state index is 0.0324. The molecule has 1 saturated heterocycles. The first-order valence-corrected chi connectivity index (χ1v) is 9.66. The van der Waals surface area contributed by atoms with Crippen molar-refractivity contribution in [2.24, 2.45) is 11.8 Å². The van der Waals surface area contributed by atoms with Crippen LogP contribution >= 0.6 is 0 Å². The minimum atomic E-state index is -0.756. The second kappa shape index (κ2) is 7.63. The monoisotopic (exact) mass is 367 g/mol. The van der Waals surface area contributed by atoms with Gasteiger partial charge in [0.15, 0.2) is 0 Å². The van der Waals surface area contributed by atoms with Gasteiger partial charge in [0.2, 0.25) is 0 Å². The third kappa shape index (κ3) is 4.10. The lowest BCUT2D eigenvalue weighted by Gasteiger charge is -2.46. The van der Waals surface area contributed by atoms with E-state index >= 15 is 0 Å². The molecule has 3 rings (SSSR count). The number of aromatic hydroxyl groups is 1. The van der Waals surface area contributed by atoms with Gasteiger partial charge in [0.1, 0.15) is 5.75 Å². The predicted molar refractivity (Wildman–Crippen MR) is 108 cm³/mol. The van der Waals surface area contributed by atoms with Crippen LogP contribution in [0.3, 0.4) is 0 Å². The lowest BCUT2D eigenvalue weighted by atomic mass is 9.68. The van der Waals surface area contributed by atoms with Crippen LogP contribution < -0.4 is 4.90 Å². The number of carboxylic acids is 1. The van der Waals surface area contributed by atoms with Crippen LogP contribution in [0.15, 0.2) is 48.5 Å². The molecular weight excluding hydrogens is 338 g/mol. The summed E-state index contributed by atoms with van der Waals surface area (Å²) < 4.78 is 0. The third-order valence-electron chi connectivity index (χ3n) is 6.23. The lowest BCUT2D eigenvalue weighted by molar-refractivity contribution is -0.141. The largest absolute Gasteiger partial charge is 0.508 e. The molecule has 0 aliphatic carbocycles. The van der Waals surface area contributed by atoms with Crippen molar-refractivity contribution in [3.05, 3.63) is 59.7 Å². The summed E-state index contributed by atoms with van der Waals surface area (Å²) >= 11 is 0. The zero-order valence-electron chi connectivity index (χ0n) is 16.4. The van der Waals surface area contributed by atoms with Crippen molar-refractivity contribution in [3.8, 4) is 5.75 Å². The molecule has 1 fully saturated rings. The van der Waals surface area contributed by atoms with Gasteiger partial charge in [0, 0.05) is 18.8 Å². The number of anilines is 1. The second-order valence-electron chi connectivity index (χ2n) is 8.18. The molecule has 0 saturated carbocycles. The molecule has 2 N–H and O–H groups in total. The SMILES string of the molecule is CC(Cc1cccc(N2CCC(C)(c3cccc(O)c3)C(C)C2)c1)C(=O)O. The molecule has 0 bridgehead atoms. The maximum absolute atomic E-state index is 11.1. The summed E-state index contributed by atoms with van der Waals surface area (Å²) in [7, 11) is 0. The number of phenolic OH excluding ortho intramolecular Hbond substituents is 1. The number of carboxylic acid groups (broad SMARTS) is 1. The molecule has 27 heavy (non-hydrogen) atoms. The van der Waals surface area contributed by atoms with Crippen molar-refractivity contribution >= 4 is 11.7 Å². The summed E-state index contributed by atoms with van der Waals surface area (Å²) in [6, 6.07) is 15.9. The molecule has 3 unspecified atom stereocenters. The van der Waals surface area contributed by atoms with E-state index in [-0.39, 0.29) is 11.3 Å². The summed E-state index contributed by atoms with van der Waals surface area (Å²) in [4.78, 5) is 13.5. The van der Waals surface area contributed by atoms with E-state index in [0.29, 0.717) is 18.1 Å². The first-order chi connectivity index (χ1) is 12.8. The van der Waals surface area contributed by atoms with Gasteiger partial charge in [-0.05, 0) is 59.6 Å². The number of phenols is 1. The molecule has 0 spiro atoms. The summed E-state index contributed by atoms with van der Waals surface area (Å²) in [5.41, 5.74) is 3.45. The average molecular weight is 367 g/mol. The molecule has 4 nitrogen and oxygen atoms in total. The van der Waals surface area contributed by atoms with Gasteiger partial charge in [-0.1, -0.05) is 45.0 Å². The van der Waals surface area contributed by atoms with Crippen LogP contribution in [0.4, 0.5) is 5.69 Å². The van der Waals surface area contributed by atoms with E-state index in [0.717, 1.165) is 30.8 Å². The topological polar surface area (TPSA) is 60.8 Å². The number of piperidine rings is 1. The van der Waals surface area contributed by atoms with Gasteiger partial charge in [0.05, 0.1) is 5.92 Å². The highest BCUT2D eigenvalue weighted by Gasteiger charge is 2.38. The van der Waals surface area contributed by atoms with E-state index in [4.69, 9.17) is 5.11 Å². The lowest BCUT2D eigenvalue weighted by Crippen LogP contribution is -2.47. The van der Waals surface area contributed by atoms with Gasteiger partial charge in [-0.3, -0.25) is 4.79 Å². The average Bonchev–Trinajstić information content (AvgIpc) is 2.64. The molecular formula is C23H29NO3. The summed E-state index contributed by atoms with van der Waals surface area (Å²) in [6.45, 7) is 8.18. The summed E-state index contributed by atoms with van der Waals surface area (Å²) in [5.74, 6) is -0.387. The number of aliphatic carboxylic acids is 1.